The monoisotopic (exact) mass is 294 g/mol. The van der Waals surface area contributed by atoms with Gasteiger partial charge in [-0.2, -0.15) is 0 Å². The van der Waals surface area contributed by atoms with E-state index in [2.05, 4.69) is 13.0 Å². The van der Waals surface area contributed by atoms with Crippen LogP contribution in [0.3, 0.4) is 0 Å². The van der Waals surface area contributed by atoms with Gasteiger partial charge in [-0.15, -0.1) is 0 Å². The molecule has 0 aromatic rings. The molecule has 1 N–H and O–H groups in total. The van der Waals surface area contributed by atoms with Gasteiger partial charge in [0.1, 0.15) is 0 Å². The van der Waals surface area contributed by atoms with Gasteiger partial charge in [-0.3, -0.25) is 4.79 Å². The van der Waals surface area contributed by atoms with Gasteiger partial charge < -0.3 is 14.9 Å². The third kappa shape index (κ3) is 4.22. The van der Waals surface area contributed by atoms with Crippen LogP contribution in [0.15, 0.2) is 11.6 Å². The summed E-state index contributed by atoms with van der Waals surface area (Å²) in [7, 11) is 0. The molecule has 0 aromatic heterocycles. The van der Waals surface area contributed by atoms with E-state index in [1.54, 1.807) is 0 Å². The summed E-state index contributed by atoms with van der Waals surface area (Å²) >= 11 is 0. The van der Waals surface area contributed by atoms with Crippen molar-refractivity contribution in [2.45, 2.75) is 39.5 Å². The zero-order chi connectivity index (χ0) is 15.4. The van der Waals surface area contributed by atoms with Crippen molar-refractivity contribution in [2.75, 3.05) is 26.2 Å². The number of hydrogen-bond donors (Lipinski definition) is 1. The summed E-state index contributed by atoms with van der Waals surface area (Å²) in [6.07, 6.45) is 5.27. The Hall–Kier alpha value is -1.52. The predicted molar refractivity (Wildman–Crippen MR) is 81.1 cm³/mol. The molecule has 118 valence electrons. The molecule has 2 aliphatic heterocycles. The smallest absolute Gasteiger partial charge is 0.320 e. The molecule has 0 saturated carbocycles. The quantitative estimate of drug-likeness (QED) is 0.814. The Balaban J connectivity index is 1.91. The second-order valence-corrected chi connectivity index (χ2v) is 6.45. The van der Waals surface area contributed by atoms with E-state index in [4.69, 9.17) is 5.11 Å². The Bertz CT molecular complexity index is 433. The summed E-state index contributed by atoms with van der Waals surface area (Å²) in [6.45, 7) is 7.09. The average molecular weight is 294 g/mol. The van der Waals surface area contributed by atoms with E-state index in [1.807, 2.05) is 16.7 Å². The van der Waals surface area contributed by atoms with Crippen LogP contribution in [-0.2, 0) is 4.79 Å². The lowest BCUT2D eigenvalue weighted by atomic mass is 9.85. The molecular formula is C16H26N2O3. The predicted octanol–water partition coefficient (Wildman–Crippen LogP) is 2.58. The number of carboxylic acids is 1. The Kier molecular flexibility index (Phi) is 5.26. The number of piperidine rings is 1. The second-order valence-electron chi connectivity index (χ2n) is 6.45. The minimum atomic E-state index is -0.748. The first-order chi connectivity index (χ1) is 9.97. The van der Waals surface area contributed by atoms with Crippen molar-refractivity contribution in [3.05, 3.63) is 11.6 Å². The fourth-order valence-corrected chi connectivity index (χ4v) is 3.23. The van der Waals surface area contributed by atoms with Crippen LogP contribution in [0.25, 0.3) is 0 Å². The first-order valence-corrected chi connectivity index (χ1v) is 7.88. The Morgan fingerprint density at radius 1 is 1.38 bits per heavy atom. The summed E-state index contributed by atoms with van der Waals surface area (Å²) < 4.78 is 0. The van der Waals surface area contributed by atoms with E-state index < -0.39 is 5.97 Å². The molecule has 2 aliphatic rings. The number of nitrogens with zero attached hydrogens (tertiary/aromatic N) is 2. The van der Waals surface area contributed by atoms with Crippen LogP contribution in [0.4, 0.5) is 4.79 Å². The van der Waals surface area contributed by atoms with E-state index in [9.17, 15) is 9.59 Å². The Morgan fingerprint density at radius 3 is 2.76 bits per heavy atom. The minimum absolute atomic E-state index is 0.117. The first-order valence-electron chi connectivity index (χ1n) is 7.88. The van der Waals surface area contributed by atoms with E-state index >= 15 is 0 Å². The molecule has 5 nitrogen and oxygen atoms in total. The highest BCUT2D eigenvalue weighted by Gasteiger charge is 2.30. The van der Waals surface area contributed by atoms with Crippen LogP contribution in [-0.4, -0.2) is 53.1 Å². The molecule has 0 aromatic carbocycles. The molecule has 5 heteroatoms. The molecule has 2 rings (SSSR count). The van der Waals surface area contributed by atoms with Gasteiger partial charge in [0.25, 0.3) is 0 Å². The van der Waals surface area contributed by atoms with Gasteiger partial charge >= 0.3 is 12.0 Å². The zero-order valence-electron chi connectivity index (χ0n) is 13.0. The van der Waals surface area contributed by atoms with Gasteiger partial charge in [0.15, 0.2) is 0 Å². The molecule has 1 saturated heterocycles. The normalized spacial score (nSPS) is 24.5. The van der Waals surface area contributed by atoms with Crippen molar-refractivity contribution in [1.82, 2.24) is 9.80 Å². The van der Waals surface area contributed by atoms with Crippen molar-refractivity contribution < 1.29 is 14.7 Å². The van der Waals surface area contributed by atoms with Crippen LogP contribution in [0, 0.1) is 11.8 Å². The lowest BCUT2D eigenvalue weighted by molar-refractivity contribution is -0.138. The zero-order valence-corrected chi connectivity index (χ0v) is 13.0. The first kappa shape index (κ1) is 15.9. The maximum atomic E-state index is 12.6. The van der Waals surface area contributed by atoms with Gasteiger partial charge in [-0.25, -0.2) is 4.79 Å². The highest BCUT2D eigenvalue weighted by atomic mass is 16.4. The second kappa shape index (κ2) is 6.96. The van der Waals surface area contributed by atoms with Crippen molar-refractivity contribution in [2.24, 2.45) is 11.8 Å². The van der Waals surface area contributed by atoms with Crippen molar-refractivity contribution in [3.63, 3.8) is 0 Å². The molecule has 2 unspecified atom stereocenters. The van der Waals surface area contributed by atoms with E-state index in [1.165, 1.54) is 5.57 Å². The Labute approximate surface area is 126 Å². The molecule has 0 bridgehead atoms. The van der Waals surface area contributed by atoms with Gasteiger partial charge in [0.05, 0.1) is 0 Å². The van der Waals surface area contributed by atoms with Gasteiger partial charge in [-0.05, 0) is 38.0 Å². The molecule has 21 heavy (non-hydrogen) atoms. The van der Waals surface area contributed by atoms with Crippen LogP contribution in [0.1, 0.15) is 39.5 Å². The van der Waals surface area contributed by atoms with Crippen LogP contribution in [0.5, 0.6) is 0 Å². The molecule has 0 spiro atoms. The summed E-state index contributed by atoms with van der Waals surface area (Å²) in [4.78, 5) is 27.2. The number of aliphatic carboxylic acids is 1. The highest BCUT2D eigenvalue weighted by molar-refractivity contribution is 5.75. The highest BCUT2D eigenvalue weighted by Crippen LogP contribution is 2.27. The summed E-state index contributed by atoms with van der Waals surface area (Å²) in [5, 5.41) is 8.92. The molecule has 1 fully saturated rings. The lowest BCUT2D eigenvalue weighted by Crippen LogP contribution is -2.49. The van der Waals surface area contributed by atoms with Crippen LogP contribution >= 0.6 is 0 Å². The lowest BCUT2D eigenvalue weighted by Gasteiger charge is -2.39. The molecule has 2 atom stereocenters. The van der Waals surface area contributed by atoms with Crippen molar-refractivity contribution in [3.8, 4) is 0 Å². The number of carbonyl (C=O) groups excluding carboxylic acids is 1. The minimum Gasteiger partial charge on any atom is -0.481 e. The standard InChI is InChI=1S/C16H26N2O3/c1-12-5-8-17(9-6-12)16(21)18-7-3-4-14(11-18)13(2)10-15(19)20/h5,13-14H,3-4,6-11H2,1-2H3,(H,19,20). The number of carbonyl (C=O) groups is 2. The fourth-order valence-electron chi connectivity index (χ4n) is 3.23. The molecule has 0 aliphatic carbocycles. The third-order valence-electron chi connectivity index (χ3n) is 4.74. The molecule has 2 heterocycles. The number of hydrogen-bond acceptors (Lipinski definition) is 2. The largest absolute Gasteiger partial charge is 0.481 e. The van der Waals surface area contributed by atoms with E-state index in [0.29, 0.717) is 19.0 Å². The molecule has 2 amide bonds. The third-order valence-corrected chi connectivity index (χ3v) is 4.74. The van der Waals surface area contributed by atoms with Crippen molar-refractivity contribution >= 4 is 12.0 Å². The molecule has 0 radical (unpaired) electrons. The van der Waals surface area contributed by atoms with E-state index in [-0.39, 0.29) is 18.4 Å². The summed E-state index contributed by atoms with van der Waals surface area (Å²) in [5.74, 6) is -0.315. The van der Waals surface area contributed by atoms with Gasteiger partial charge in [0.2, 0.25) is 0 Å². The van der Waals surface area contributed by atoms with Gasteiger partial charge in [-0.1, -0.05) is 18.6 Å². The Morgan fingerprint density at radius 2 is 2.14 bits per heavy atom. The number of likely N-dealkylation sites (tertiary alicyclic amines) is 1. The number of rotatable bonds is 3. The van der Waals surface area contributed by atoms with Crippen LogP contribution < -0.4 is 0 Å². The number of carboxylic acid groups (broad SMARTS) is 1. The van der Waals surface area contributed by atoms with Crippen molar-refractivity contribution in [1.29, 1.82) is 0 Å². The summed E-state index contributed by atoms with van der Waals surface area (Å²) in [5.41, 5.74) is 1.35. The topological polar surface area (TPSA) is 60.9 Å². The van der Waals surface area contributed by atoms with Gasteiger partial charge in [0, 0.05) is 32.6 Å². The van der Waals surface area contributed by atoms with E-state index in [0.717, 1.165) is 32.4 Å². The number of amides is 2. The van der Waals surface area contributed by atoms with Crippen LogP contribution in [0.2, 0.25) is 0 Å². The fraction of sp³-hybridized carbons (Fsp3) is 0.750. The molecular weight excluding hydrogens is 268 g/mol. The number of urea groups is 1. The SMILES string of the molecule is CC1=CCN(C(=O)N2CCCC(C(C)CC(=O)O)C2)CC1. The average Bonchev–Trinajstić information content (AvgIpc) is 2.47. The summed E-state index contributed by atoms with van der Waals surface area (Å²) in [6, 6.07) is 0.117. The maximum absolute atomic E-state index is 12.6. The maximum Gasteiger partial charge on any atom is 0.320 e.